The van der Waals surface area contributed by atoms with Gasteiger partial charge in [0.2, 0.25) is 5.91 Å². The van der Waals surface area contributed by atoms with Gasteiger partial charge in [0.05, 0.1) is 6.54 Å². The van der Waals surface area contributed by atoms with Gasteiger partial charge in [0, 0.05) is 6.92 Å². The summed E-state index contributed by atoms with van der Waals surface area (Å²) in [5, 5.41) is 1.03. The molecule has 0 fully saturated rings. The van der Waals surface area contributed by atoms with Crippen LogP contribution in [-0.4, -0.2) is 22.4 Å². The predicted molar refractivity (Wildman–Crippen MR) is 93.0 cm³/mol. The maximum atomic E-state index is 11.5. The smallest absolute Gasteiger partial charge is 0.776 e. The Kier molecular flexibility index (Phi) is 9.47. The average Bonchev–Trinajstić information content (AvgIpc) is 2.58. The van der Waals surface area contributed by atoms with E-state index < -0.39 is 7.60 Å². The van der Waals surface area contributed by atoms with Crippen LogP contribution in [0.4, 0.5) is 0 Å². The molecule has 0 radical (unpaired) electrons. The molecule has 0 saturated carbocycles. The van der Waals surface area contributed by atoms with Crippen molar-refractivity contribution in [3.05, 3.63) is 72.1 Å². The van der Waals surface area contributed by atoms with E-state index in [-0.39, 0.29) is 48.6 Å². The first-order valence-electron chi connectivity index (χ1n) is 7.62. The van der Waals surface area contributed by atoms with E-state index in [0.717, 1.165) is 27.8 Å². The Balaban J connectivity index is 0.00000338. The number of hydrogen-bond donors (Lipinski definition) is 1. The van der Waals surface area contributed by atoms with Crippen LogP contribution in [0.1, 0.15) is 12.5 Å². The van der Waals surface area contributed by atoms with E-state index in [9.17, 15) is 14.3 Å². The Labute approximate surface area is 174 Å². The van der Waals surface area contributed by atoms with Gasteiger partial charge in [-0.3, -0.25) is 9.63 Å². The molecule has 0 bridgehead atoms. The molecule has 8 heteroatoms. The second-order valence-corrected chi connectivity index (χ2v) is 6.79. The number of carbonyl (C=O) groups is 1. The van der Waals surface area contributed by atoms with Gasteiger partial charge in [0.15, 0.2) is 7.60 Å². The van der Waals surface area contributed by atoms with Gasteiger partial charge in [-0.25, -0.2) is 5.06 Å². The summed E-state index contributed by atoms with van der Waals surface area (Å²) >= 11 is 0. The monoisotopic (exact) mass is 383 g/mol. The van der Waals surface area contributed by atoms with E-state index in [1.165, 1.54) is 6.92 Å². The summed E-state index contributed by atoms with van der Waals surface area (Å²) in [7, 11) is -4.49. The number of hydroxylamine groups is 2. The minimum absolute atomic E-state index is 0. The van der Waals surface area contributed by atoms with Crippen LogP contribution in [0.25, 0.3) is 11.1 Å². The summed E-state index contributed by atoms with van der Waals surface area (Å²) in [5.41, 5.74) is 3.05. The van der Waals surface area contributed by atoms with Crippen molar-refractivity contribution in [3.8, 4) is 11.1 Å². The zero-order valence-electron chi connectivity index (χ0n) is 14.7. The van der Waals surface area contributed by atoms with Gasteiger partial charge in [-0.1, -0.05) is 60.7 Å². The van der Waals surface area contributed by atoms with E-state index in [1.807, 2.05) is 54.6 Å². The number of benzene rings is 2. The summed E-state index contributed by atoms with van der Waals surface area (Å²) in [6.45, 7) is 1.39. The Morgan fingerprint density at radius 2 is 1.73 bits per heavy atom. The van der Waals surface area contributed by atoms with Crippen LogP contribution in [-0.2, 0) is 20.8 Å². The van der Waals surface area contributed by atoms with Gasteiger partial charge in [0.25, 0.3) is 0 Å². The third-order valence-corrected chi connectivity index (χ3v) is 3.95. The average molecular weight is 383 g/mol. The molecule has 26 heavy (non-hydrogen) atoms. The van der Waals surface area contributed by atoms with Crippen molar-refractivity contribution in [2.75, 3.05) is 6.54 Å². The zero-order chi connectivity index (χ0) is 18.3. The van der Waals surface area contributed by atoms with Crippen LogP contribution in [0, 0.1) is 0 Å². The molecule has 0 saturated heterocycles. The standard InChI is InChI=1S/C18H20NO5P.Na/c1-15(20)19(12-5-13-25(21,22)23)24-14-16-8-10-18(11-9-16)17-6-3-2-4-7-17;/h2-11,13H,12,14H2,1H3,(H2,21,22,23);/q;+1/p-1/b13-5+;. The maximum absolute atomic E-state index is 11.5. The van der Waals surface area contributed by atoms with Crippen molar-refractivity contribution in [2.24, 2.45) is 0 Å². The molecule has 1 atom stereocenters. The van der Waals surface area contributed by atoms with Gasteiger partial charge in [-0.2, -0.15) is 0 Å². The minimum Gasteiger partial charge on any atom is -0.776 e. The molecular formula is C18H19NNaO5P. The van der Waals surface area contributed by atoms with Crippen molar-refractivity contribution in [1.29, 1.82) is 0 Å². The quantitative estimate of drug-likeness (QED) is 0.403. The van der Waals surface area contributed by atoms with E-state index in [0.29, 0.717) is 5.82 Å². The molecular weight excluding hydrogens is 364 g/mol. The van der Waals surface area contributed by atoms with Crippen LogP contribution in [0.2, 0.25) is 0 Å². The molecule has 1 amide bonds. The third-order valence-electron chi connectivity index (χ3n) is 3.36. The molecule has 0 aliphatic rings. The molecule has 6 nitrogen and oxygen atoms in total. The molecule has 0 aliphatic carbocycles. The first kappa shape index (κ1) is 22.8. The first-order valence-corrected chi connectivity index (χ1v) is 9.26. The molecule has 1 N–H and O–H groups in total. The Morgan fingerprint density at radius 3 is 2.27 bits per heavy atom. The number of hydrogen-bond acceptors (Lipinski definition) is 4. The fourth-order valence-electron chi connectivity index (χ4n) is 2.12. The molecule has 0 spiro atoms. The van der Waals surface area contributed by atoms with Gasteiger partial charge in [-0.05, 0) is 22.5 Å². The normalized spacial score (nSPS) is 13.0. The van der Waals surface area contributed by atoms with E-state index in [4.69, 9.17) is 9.73 Å². The van der Waals surface area contributed by atoms with Crippen molar-refractivity contribution < 1.29 is 53.5 Å². The van der Waals surface area contributed by atoms with Crippen LogP contribution in [0.3, 0.4) is 0 Å². The van der Waals surface area contributed by atoms with E-state index in [1.54, 1.807) is 0 Å². The fourth-order valence-corrected chi connectivity index (χ4v) is 2.49. The summed E-state index contributed by atoms with van der Waals surface area (Å²) in [5.74, 6) is 0.269. The number of rotatable bonds is 7. The third kappa shape index (κ3) is 7.98. The van der Waals surface area contributed by atoms with Gasteiger partial charge in [0.1, 0.15) is 6.61 Å². The van der Waals surface area contributed by atoms with Crippen molar-refractivity contribution in [2.45, 2.75) is 13.5 Å². The maximum Gasteiger partial charge on any atom is 1.00 e. The number of carbonyl (C=O) groups excluding carboxylic acids is 1. The summed E-state index contributed by atoms with van der Waals surface area (Å²) < 4.78 is 10.7. The molecule has 1 unspecified atom stereocenters. The zero-order valence-corrected chi connectivity index (χ0v) is 17.6. The second kappa shape index (κ2) is 10.8. The predicted octanol–water partition coefficient (Wildman–Crippen LogP) is -0.303. The molecule has 0 aliphatic heterocycles. The summed E-state index contributed by atoms with van der Waals surface area (Å²) in [6.07, 6.45) is 1.15. The van der Waals surface area contributed by atoms with Crippen LogP contribution in [0.15, 0.2) is 66.5 Å². The van der Waals surface area contributed by atoms with Crippen LogP contribution in [0.5, 0.6) is 0 Å². The molecule has 0 heterocycles. The van der Waals surface area contributed by atoms with E-state index in [2.05, 4.69) is 0 Å². The number of nitrogens with zero attached hydrogens (tertiary/aromatic N) is 1. The van der Waals surface area contributed by atoms with Crippen molar-refractivity contribution in [1.82, 2.24) is 5.06 Å². The molecule has 2 rings (SSSR count). The second-order valence-electron chi connectivity index (χ2n) is 5.37. The van der Waals surface area contributed by atoms with Crippen LogP contribution < -0.4 is 34.5 Å². The SMILES string of the molecule is CC(=O)N(C/C=C/P(=O)([O-])O)OCc1ccc(-c2ccccc2)cc1.[Na+]. The minimum atomic E-state index is -4.49. The van der Waals surface area contributed by atoms with Crippen molar-refractivity contribution >= 4 is 13.5 Å². The largest absolute Gasteiger partial charge is 1.00 e. The Bertz CT molecular complexity index is 774. The number of amides is 1. The van der Waals surface area contributed by atoms with Gasteiger partial charge < -0.3 is 14.4 Å². The molecule has 0 aromatic heterocycles. The van der Waals surface area contributed by atoms with Crippen molar-refractivity contribution in [3.63, 3.8) is 0 Å². The molecule has 2 aromatic rings. The Hall–Kier alpha value is -1.24. The topological polar surface area (TPSA) is 89.9 Å². The fraction of sp³-hybridized carbons (Fsp3) is 0.167. The molecule has 2 aromatic carbocycles. The van der Waals surface area contributed by atoms with Gasteiger partial charge >= 0.3 is 29.6 Å². The summed E-state index contributed by atoms with van der Waals surface area (Å²) in [4.78, 5) is 36.3. The molecule has 132 valence electrons. The van der Waals surface area contributed by atoms with Gasteiger partial charge in [-0.15, -0.1) is 0 Å². The first-order chi connectivity index (χ1) is 11.8. The van der Waals surface area contributed by atoms with Crippen LogP contribution >= 0.6 is 7.60 Å². The summed E-state index contributed by atoms with van der Waals surface area (Å²) in [6, 6.07) is 17.7. The Morgan fingerprint density at radius 1 is 1.15 bits per heavy atom. The van der Waals surface area contributed by atoms with E-state index >= 15 is 0 Å².